The molecule has 24 heavy (non-hydrogen) atoms. The molecule has 128 valence electrons. The van der Waals surface area contributed by atoms with Crippen molar-refractivity contribution in [1.29, 1.82) is 0 Å². The summed E-state index contributed by atoms with van der Waals surface area (Å²) in [4.78, 5) is 0. The Morgan fingerprint density at radius 3 is 2.50 bits per heavy atom. The second kappa shape index (κ2) is 7.22. The second-order valence-corrected chi connectivity index (χ2v) is 6.78. The largest absolute Gasteiger partial charge is 0.374 e. The van der Waals surface area contributed by atoms with Crippen LogP contribution in [0.15, 0.2) is 48.5 Å². The zero-order chi connectivity index (χ0) is 15.7. The molecular weight excluding hydrogens is 325 g/mol. The number of rotatable bonds is 2. The van der Waals surface area contributed by atoms with Gasteiger partial charge >= 0.3 is 0 Å². The summed E-state index contributed by atoms with van der Waals surface area (Å²) >= 11 is 0. The molecule has 0 radical (unpaired) electrons. The van der Waals surface area contributed by atoms with Gasteiger partial charge in [0, 0.05) is 5.92 Å². The van der Waals surface area contributed by atoms with Gasteiger partial charge in [0.1, 0.15) is 5.82 Å². The van der Waals surface area contributed by atoms with Gasteiger partial charge in [0.2, 0.25) is 0 Å². The molecule has 0 saturated carbocycles. The van der Waals surface area contributed by atoms with Crippen molar-refractivity contribution in [3.8, 4) is 11.1 Å². The molecule has 0 unspecified atom stereocenters. The molecule has 1 N–H and O–H groups in total. The molecule has 2 saturated heterocycles. The number of halogens is 2. The van der Waals surface area contributed by atoms with Crippen LogP contribution in [0.3, 0.4) is 0 Å². The Hall–Kier alpha value is -1.42. The third-order valence-electron chi connectivity index (χ3n) is 5.26. The van der Waals surface area contributed by atoms with Gasteiger partial charge in [-0.05, 0) is 61.2 Å². The van der Waals surface area contributed by atoms with E-state index in [9.17, 15) is 4.39 Å². The average Bonchev–Trinajstić information content (AvgIpc) is 3.00. The monoisotopic (exact) mass is 347 g/mol. The fraction of sp³-hybridized carbons (Fsp3) is 0.400. The zero-order valence-electron chi connectivity index (χ0n) is 13.6. The second-order valence-electron chi connectivity index (χ2n) is 6.78. The van der Waals surface area contributed by atoms with Gasteiger partial charge in [0.25, 0.3) is 0 Å². The van der Waals surface area contributed by atoms with Gasteiger partial charge in [-0.15, -0.1) is 12.4 Å². The third kappa shape index (κ3) is 3.49. The minimum Gasteiger partial charge on any atom is -0.374 e. The molecule has 2 aliphatic heterocycles. The molecule has 2 aromatic carbocycles. The van der Waals surface area contributed by atoms with Crippen LogP contribution in [0.1, 0.15) is 30.7 Å². The predicted molar refractivity (Wildman–Crippen MR) is 97.2 cm³/mol. The van der Waals surface area contributed by atoms with E-state index in [0.29, 0.717) is 5.92 Å². The maximum atomic E-state index is 13.1. The van der Waals surface area contributed by atoms with Crippen molar-refractivity contribution in [2.75, 3.05) is 19.7 Å². The van der Waals surface area contributed by atoms with E-state index in [1.165, 1.54) is 17.7 Å². The Labute approximate surface area is 148 Å². The van der Waals surface area contributed by atoms with Gasteiger partial charge in [-0.3, -0.25) is 0 Å². The first-order valence-corrected chi connectivity index (χ1v) is 8.45. The summed E-state index contributed by atoms with van der Waals surface area (Å²) in [5.74, 6) is 0.274. The lowest BCUT2D eigenvalue weighted by molar-refractivity contribution is -0.0193. The minimum absolute atomic E-state index is 0. The number of benzene rings is 2. The van der Waals surface area contributed by atoms with E-state index in [2.05, 4.69) is 29.6 Å². The summed E-state index contributed by atoms with van der Waals surface area (Å²) in [5, 5.41) is 3.42. The Bertz CT molecular complexity index is 682. The highest BCUT2D eigenvalue weighted by Crippen LogP contribution is 2.42. The summed E-state index contributed by atoms with van der Waals surface area (Å²) in [6, 6.07) is 15.3. The third-order valence-corrected chi connectivity index (χ3v) is 5.26. The van der Waals surface area contributed by atoms with Crippen LogP contribution in [0, 0.1) is 5.82 Å². The Balaban J connectivity index is 0.00000169. The Morgan fingerprint density at radius 2 is 1.75 bits per heavy atom. The van der Waals surface area contributed by atoms with E-state index in [0.717, 1.165) is 50.1 Å². The van der Waals surface area contributed by atoms with Gasteiger partial charge in [0.05, 0.1) is 12.2 Å². The summed E-state index contributed by atoms with van der Waals surface area (Å²) in [6.07, 6.45) is 3.34. The van der Waals surface area contributed by atoms with E-state index >= 15 is 0 Å². The van der Waals surface area contributed by atoms with Crippen LogP contribution in [-0.4, -0.2) is 25.3 Å². The molecule has 1 spiro atoms. The Kier molecular flexibility index (Phi) is 5.24. The van der Waals surface area contributed by atoms with Gasteiger partial charge in [-0.25, -0.2) is 4.39 Å². The minimum atomic E-state index is -0.193. The highest BCUT2D eigenvalue weighted by atomic mass is 35.5. The Morgan fingerprint density at radius 1 is 1.00 bits per heavy atom. The first-order valence-electron chi connectivity index (χ1n) is 8.45. The lowest BCUT2D eigenvalue weighted by Gasteiger charge is -2.33. The number of piperidine rings is 1. The van der Waals surface area contributed by atoms with Crippen molar-refractivity contribution in [2.24, 2.45) is 0 Å². The standard InChI is InChI=1S/C20H22FNO.ClH/c21-19-6-4-15(5-7-19)16-2-1-3-17(12-16)18-13-20(23-14-18)8-10-22-11-9-20;/h1-7,12,18,22H,8-11,13-14H2;1H/t18-;/m0./s1. The van der Waals surface area contributed by atoms with E-state index < -0.39 is 0 Å². The summed E-state index contributed by atoms with van der Waals surface area (Å²) in [5.41, 5.74) is 3.63. The molecule has 2 heterocycles. The van der Waals surface area contributed by atoms with Gasteiger partial charge in [-0.1, -0.05) is 36.4 Å². The van der Waals surface area contributed by atoms with E-state index in [-0.39, 0.29) is 23.8 Å². The van der Waals surface area contributed by atoms with Crippen molar-refractivity contribution in [2.45, 2.75) is 30.8 Å². The van der Waals surface area contributed by atoms with Crippen molar-refractivity contribution in [1.82, 2.24) is 5.32 Å². The van der Waals surface area contributed by atoms with Crippen molar-refractivity contribution in [3.63, 3.8) is 0 Å². The number of ether oxygens (including phenoxy) is 1. The molecule has 0 aliphatic carbocycles. The highest BCUT2D eigenvalue weighted by molar-refractivity contribution is 5.85. The van der Waals surface area contributed by atoms with Gasteiger partial charge < -0.3 is 10.1 Å². The van der Waals surface area contributed by atoms with Crippen LogP contribution in [0.2, 0.25) is 0 Å². The average molecular weight is 348 g/mol. The van der Waals surface area contributed by atoms with Crippen molar-refractivity contribution < 1.29 is 9.13 Å². The van der Waals surface area contributed by atoms with Crippen LogP contribution in [0.25, 0.3) is 11.1 Å². The smallest absolute Gasteiger partial charge is 0.123 e. The lowest BCUT2D eigenvalue weighted by Crippen LogP contribution is -2.41. The summed E-state index contributed by atoms with van der Waals surface area (Å²) in [7, 11) is 0. The van der Waals surface area contributed by atoms with Crippen LogP contribution < -0.4 is 5.32 Å². The topological polar surface area (TPSA) is 21.3 Å². The molecule has 0 amide bonds. The van der Waals surface area contributed by atoms with Crippen LogP contribution in [-0.2, 0) is 4.74 Å². The molecule has 2 nitrogen and oxygen atoms in total. The lowest BCUT2D eigenvalue weighted by atomic mass is 9.83. The fourth-order valence-corrected chi connectivity index (χ4v) is 3.90. The molecule has 2 aliphatic rings. The van der Waals surface area contributed by atoms with Gasteiger partial charge in [0.15, 0.2) is 0 Å². The molecule has 4 heteroatoms. The quantitative estimate of drug-likeness (QED) is 0.861. The molecular formula is C20H23ClFNO. The first kappa shape index (κ1) is 17.4. The molecule has 0 bridgehead atoms. The van der Waals surface area contributed by atoms with Crippen LogP contribution in [0.5, 0.6) is 0 Å². The first-order chi connectivity index (χ1) is 11.2. The van der Waals surface area contributed by atoms with Crippen molar-refractivity contribution in [3.05, 3.63) is 59.9 Å². The van der Waals surface area contributed by atoms with Crippen LogP contribution >= 0.6 is 12.4 Å². The SMILES string of the molecule is Cl.Fc1ccc(-c2cccc([C@@H]3COC4(CCNCC4)C3)c2)cc1. The maximum absolute atomic E-state index is 13.1. The molecule has 0 aromatic heterocycles. The van der Waals surface area contributed by atoms with Crippen LogP contribution in [0.4, 0.5) is 4.39 Å². The fourth-order valence-electron chi connectivity index (χ4n) is 3.90. The van der Waals surface area contributed by atoms with Gasteiger partial charge in [-0.2, -0.15) is 0 Å². The molecule has 1 atom stereocenters. The van der Waals surface area contributed by atoms with Crippen molar-refractivity contribution >= 4 is 12.4 Å². The van der Waals surface area contributed by atoms with E-state index in [4.69, 9.17) is 4.74 Å². The predicted octanol–water partition coefficient (Wildman–Crippen LogP) is 4.54. The molecule has 2 fully saturated rings. The summed E-state index contributed by atoms with van der Waals surface area (Å²) in [6.45, 7) is 2.93. The number of hydrogen-bond donors (Lipinski definition) is 1. The normalized spacial score (nSPS) is 22.3. The molecule has 2 aromatic rings. The highest BCUT2D eigenvalue weighted by Gasteiger charge is 2.41. The molecule has 4 rings (SSSR count). The number of nitrogens with one attached hydrogen (secondary N) is 1. The number of hydrogen-bond acceptors (Lipinski definition) is 2. The summed E-state index contributed by atoms with van der Waals surface area (Å²) < 4.78 is 19.3. The van der Waals surface area contributed by atoms with E-state index in [1.807, 2.05) is 12.1 Å². The van der Waals surface area contributed by atoms with E-state index in [1.54, 1.807) is 0 Å². The zero-order valence-corrected chi connectivity index (χ0v) is 14.4. The maximum Gasteiger partial charge on any atom is 0.123 e.